The lowest BCUT2D eigenvalue weighted by molar-refractivity contribution is -0.123. The third-order valence-corrected chi connectivity index (χ3v) is 4.84. The minimum atomic E-state index is -1.11. The summed E-state index contributed by atoms with van der Waals surface area (Å²) in [6.45, 7) is 5.52. The van der Waals surface area contributed by atoms with Crippen molar-refractivity contribution in [2.24, 2.45) is 0 Å². The van der Waals surface area contributed by atoms with E-state index in [1.165, 1.54) is 41.7 Å². The van der Waals surface area contributed by atoms with Crippen LogP contribution in [0, 0.1) is 5.82 Å². The van der Waals surface area contributed by atoms with E-state index < -0.39 is 29.2 Å². The number of nitrogens with one attached hydrogen (secondary N) is 1. The molecule has 1 atom stereocenters. The van der Waals surface area contributed by atoms with Crippen molar-refractivity contribution in [1.82, 2.24) is 14.9 Å². The maximum atomic E-state index is 13.6. The molecule has 9 heteroatoms. The van der Waals surface area contributed by atoms with E-state index in [1.807, 2.05) is 20.8 Å². The maximum Gasteiger partial charge on any atom is 0.280 e. The highest BCUT2D eigenvalue weighted by atomic mass is 32.1. The van der Waals surface area contributed by atoms with Crippen LogP contribution in [0.1, 0.15) is 42.9 Å². The molecule has 0 fully saturated rings. The smallest absolute Gasteiger partial charge is 0.280 e. The van der Waals surface area contributed by atoms with Gasteiger partial charge in [-0.2, -0.15) is 0 Å². The van der Waals surface area contributed by atoms with Gasteiger partial charge in [0.05, 0.1) is 12.8 Å². The molecular weight excluding hydrogens is 419 g/mol. The Hall–Kier alpha value is -3.33. The van der Waals surface area contributed by atoms with Crippen LogP contribution in [0.5, 0.6) is 5.75 Å². The van der Waals surface area contributed by atoms with E-state index in [0.717, 1.165) is 11.5 Å². The van der Waals surface area contributed by atoms with Crippen molar-refractivity contribution in [3.05, 3.63) is 71.0 Å². The highest BCUT2D eigenvalue weighted by Crippen LogP contribution is 2.36. The largest absolute Gasteiger partial charge is 0.495 e. The van der Waals surface area contributed by atoms with Gasteiger partial charge in [-0.05, 0) is 62.1 Å². The van der Waals surface area contributed by atoms with Crippen molar-refractivity contribution in [2.45, 2.75) is 32.4 Å². The molecule has 0 saturated carbocycles. The molecule has 0 aliphatic carbocycles. The first kappa shape index (κ1) is 22.4. The van der Waals surface area contributed by atoms with Crippen molar-refractivity contribution in [2.75, 3.05) is 12.0 Å². The summed E-state index contributed by atoms with van der Waals surface area (Å²) in [5, 5.41) is 8.31. The Morgan fingerprint density at radius 2 is 1.81 bits per heavy atom. The maximum absolute atomic E-state index is 13.6. The van der Waals surface area contributed by atoms with Crippen LogP contribution in [0.3, 0.4) is 0 Å². The Morgan fingerprint density at radius 1 is 1.13 bits per heavy atom. The summed E-state index contributed by atoms with van der Waals surface area (Å²) < 4.78 is 22.9. The van der Waals surface area contributed by atoms with Gasteiger partial charge in [-0.15, -0.1) is 5.10 Å². The molecule has 31 heavy (non-hydrogen) atoms. The lowest BCUT2D eigenvalue weighted by Crippen LogP contribution is -2.49. The minimum Gasteiger partial charge on any atom is -0.495 e. The molecule has 1 aromatic heterocycles. The SMILES string of the molecule is COc1ccccc1N(C(=O)c1csnn1)C(C(=O)NC(C)(C)C)c1ccc(F)cc1. The Kier molecular flexibility index (Phi) is 6.65. The van der Waals surface area contributed by atoms with Gasteiger partial charge in [0.25, 0.3) is 5.91 Å². The average molecular weight is 443 g/mol. The second-order valence-corrected chi connectivity index (χ2v) is 8.44. The van der Waals surface area contributed by atoms with Gasteiger partial charge in [0.1, 0.15) is 17.6 Å². The summed E-state index contributed by atoms with van der Waals surface area (Å²) in [5.74, 6) is -1.01. The van der Waals surface area contributed by atoms with Crippen molar-refractivity contribution < 1.29 is 18.7 Å². The van der Waals surface area contributed by atoms with Crippen molar-refractivity contribution in [1.29, 1.82) is 0 Å². The summed E-state index contributed by atoms with van der Waals surface area (Å²) in [6.07, 6.45) is 0. The molecule has 0 aliphatic heterocycles. The van der Waals surface area contributed by atoms with E-state index in [4.69, 9.17) is 4.74 Å². The van der Waals surface area contributed by atoms with Gasteiger partial charge in [-0.25, -0.2) is 4.39 Å². The highest BCUT2D eigenvalue weighted by Gasteiger charge is 2.37. The monoisotopic (exact) mass is 442 g/mol. The van der Waals surface area contributed by atoms with Crippen molar-refractivity contribution in [3.8, 4) is 5.75 Å². The number of hydrogen-bond donors (Lipinski definition) is 1. The molecule has 0 saturated heterocycles. The second kappa shape index (κ2) is 9.22. The molecule has 0 spiro atoms. The van der Waals surface area contributed by atoms with Crippen LogP contribution >= 0.6 is 11.5 Å². The number of para-hydroxylation sites is 2. The van der Waals surface area contributed by atoms with Crippen molar-refractivity contribution >= 4 is 29.0 Å². The standard InChI is InChI=1S/C22H23FN4O3S/c1-22(2,3)24-20(28)19(14-9-11-15(23)12-10-14)27(21(29)16-13-31-26-25-16)17-7-5-6-8-18(17)30-4/h5-13,19H,1-4H3,(H,24,28). The molecule has 1 unspecified atom stereocenters. The Morgan fingerprint density at radius 3 is 2.39 bits per heavy atom. The first-order valence-corrected chi connectivity index (χ1v) is 10.4. The predicted octanol–water partition coefficient (Wildman–Crippen LogP) is 3.99. The third kappa shape index (κ3) is 5.24. The number of carbonyl (C=O) groups excluding carboxylic acids is 2. The van der Waals surface area contributed by atoms with Gasteiger partial charge in [0, 0.05) is 10.9 Å². The summed E-state index contributed by atoms with van der Waals surface area (Å²) in [7, 11) is 1.48. The second-order valence-electron chi connectivity index (χ2n) is 7.83. The number of rotatable bonds is 6. The Balaban J connectivity index is 2.22. The van der Waals surface area contributed by atoms with Crippen LogP contribution in [0.25, 0.3) is 0 Å². The number of ether oxygens (including phenoxy) is 1. The molecule has 162 valence electrons. The molecule has 7 nitrogen and oxygen atoms in total. The highest BCUT2D eigenvalue weighted by molar-refractivity contribution is 7.03. The molecule has 1 heterocycles. The van der Waals surface area contributed by atoms with Gasteiger partial charge in [0.15, 0.2) is 5.69 Å². The van der Waals surface area contributed by atoms with E-state index in [0.29, 0.717) is 17.0 Å². The molecule has 2 amide bonds. The fourth-order valence-corrected chi connectivity index (χ4v) is 3.51. The van der Waals surface area contributed by atoms with Gasteiger partial charge in [0.2, 0.25) is 5.91 Å². The fourth-order valence-electron chi connectivity index (χ4n) is 3.08. The lowest BCUT2D eigenvalue weighted by Gasteiger charge is -2.34. The lowest BCUT2D eigenvalue weighted by atomic mass is 10.00. The van der Waals surface area contributed by atoms with Crippen LogP contribution in [0.15, 0.2) is 53.9 Å². The van der Waals surface area contributed by atoms with Gasteiger partial charge >= 0.3 is 0 Å². The van der Waals surface area contributed by atoms with Crippen molar-refractivity contribution in [3.63, 3.8) is 0 Å². The van der Waals surface area contributed by atoms with Crippen LogP contribution in [0.4, 0.5) is 10.1 Å². The first-order chi connectivity index (χ1) is 14.7. The Labute approximate surface area is 184 Å². The summed E-state index contributed by atoms with van der Waals surface area (Å²) >= 11 is 1.03. The number of anilines is 1. The quantitative estimate of drug-likeness (QED) is 0.624. The number of hydrogen-bond acceptors (Lipinski definition) is 6. The normalized spacial score (nSPS) is 12.2. The number of amides is 2. The zero-order valence-electron chi connectivity index (χ0n) is 17.6. The summed E-state index contributed by atoms with van der Waals surface area (Å²) in [5.41, 5.74) is 0.339. The van der Waals surface area contributed by atoms with E-state index in [2.05, 4.69) is 14.9 Å². The number of benzene rings is 2. The molecular formula is C22H23FN4O3S. The summed E-state index contributed by atoms with van der Waals surface area (Å²) in [6, 6.07) is 11.2. The number of carbonyl (C=O) groups is 2. The van der Waals surface area contributed by atoms with Crippen LogP contribution in [-0.2, 0) is 4.79 Å². The molecule has 1 N–H and O–H groups in total. The van der Waals surface area contributed by atoms with E-state index >= 15 is 0 Å². The van der Waals surface area contributed by atoms with Gasteiger partial charge in [-0.1, -0.05) is 28.8 Å². The van der Waals surface area contributed by atoms with Crippen LogP contribution < -0.4 is 15.0 Å². The molecule has 3 rings (SSSR count). The average Bonchev–Trinajstić information content (AvgIpc) is 3.26. The van der Waals surface area contributed by atoms with E-state index in [1.54, 1.807) is 24.3 Å². The molecule has 0 bridgehead atoms. The van der Waals surface area contributed by atoms with Crippen LogP contribution in [-0.4, -0.2) is 34.1 Å². The number of aromatic nitrogens is 2. The van der Waals surface area contributed by atoms with E-state index in [9.17, 15) is 14.0 Å². The van der Waals surface area contributed by atoms with Gasteiger partial charge < -0.3 is 10.1 Å². The summed E-state index contributed by atoms with van der Waals surface area (Å²) in [4.78, 5) is 28.3. The number of halogens is 1. The topological polar surface area (TPSA) is 84.4 Å². The minimum absolute atomic E-state index is 0.0894. The van der Waals surface area contributed by atoms with E-state index in [-0.39, 0.29) is 5.69 Å². The van der Waals surface area contributed by atoms with Crippen LogP contribution in [0.2, 0.25) is 0 Å². The predicted molar refractivity (Wildman–Crippen MR) is 117 cm³/mol. The zero-order valence-corrected chi connectivity index (χ0v) is 18.4. The molecule has 3 aromatic rings. The molecule has 2 aromatic carbocycles. The number of methoxy groups -OCH3 is 1. The first-order valence-electron chi connectivity index (χ1n) is 9.52. The van der Waals surface area contributed by atoms with Gasteiger partial charge in [-0.3, -0.25) is 14.5 Å². The molecule has 0 aliphatic rings. The third-order valence-electron chi connectivity index (χ3n) is 4.33. The zero-order chi connectivity index (χ0) is 22.6. The Bertz CT molecular complexity index is 1050. The molecule has 0 radical (unpaired) electrons. The fraction of sp³-hybridized carbons (Fsp3) is 0.273. The number of nitrogens with zero attached hydrogens (tertiary/aromatic N) is 3.